The number of hydrogen-bond donors (Lipinski definition) is 1. The third kappa shape index (κ3) is 2.44. The molecule has 0 aliphatic carbocycles. The number of rotatable bonds is 2. The lowest BCUT2D eigenvalue weighted by Crippen LogP contribution is -2.12. The van der Waals surface area contributed by atoms with Crippen molar-refractivity contribution in [2.45, 2.75) is 25.7 Å². The van der Waals surface area contributed by atoms with Crippen molar-refractivity contribution < 1.29 is 22.2 Å². The average molecular weight is 372 g/mol. The number of benzene rings is 1. The third-order valence-electron chi connectivity index (χ3n) is 2.55. The van der Waals surface area contributed by atoms with Crippen LogP contribution in [0.5, 0.6) is 0 Å². The summed E-state index contributed by atoms with van der Waals surface area (Å²) in [4.78, 5) is 10.5. The SMILES string of the molecule is Cc1c(I)c(C)c(S(=O)(=O)F)c(C)c1C(=O)O. The fraction of sp³-hybridized carbons (Fsp3) is 0.300. The normalized spacial score (nSPS) is 11.6. The van der Waals surface area contributed by atoms with Gasteiger partial charge in [-0.3, -0.25) is 0 Å². The fourth-order valence-corrected chi connectivity index (χ4v) is 3.51. The minimum absolute atomic E-state index is 0.0598. The molecule has 4 nitrogen and oxygen atoms in total. The molecule has 0 unspecified atom stereocenters. The monoisotopic (exact) mass is 372 g/mol. The van der Waals surface area contributed by atoms with E-state index in [1.165, 1.54) is 13.8 Å². The van der Waals surface area contributed by atoms with Crippen molar-refractivity contribution in [3.8, 4) is 0 Å². The van der Waals surface area contributed by atoms with E-state index in [4.69, 9.17) is 5.11 Å². The van der Waals surface area contributed by atoms with Crippen molar-refractivity contribution >= 4 is 38.8 Å². The molecule has 0 saturated carbocycles. The largest absolute Gasteiger partial charge is 0.478 e. The summed E-state index contributed by atoms with van der Waals surface area (Å²) in [6.45, 7) is 4.33. The summed E-state index contributed by atoms with van der Waals surface area (Å²) in [7, 11) is -4.93. The number of carboxylic acids is 1. The van der Waals surface area contributed by atoms with Gasteiger partial charge in [0.2, 0.25) is 0 Å². The number of carbonyl (C=O) groups is 1. The van der Waals surface area contributed by atoms with E-state index in [0.29, 0.717) is 9.13 Å². The highest BCUT2D eigenvalue weighted by molar-refractivity contribution is 14.1. The lowest BCUT2D eigenvalue weighted by atomic mass is 10.00. The van der Waals surface area contributed by atoms with E-state index in [0.717, 1.165) is 0 Å². The lowest BCUT2D eigenvalue weighted by Gasteiger charge is -2.14. The summed E-state index contributed by atoms with van der Waals surface area (Å²) >= 11 is 1.82. The van der Waals surface area contributed by atoms with Crippen molar-refractivity contribution in [1.82, 2.24) is 0 Å². The summed E-state index contributed by atoms with van der Waals surface area (Å²) in [5.41, 5.74) is 0.472. The van der Waals surface area contributed by atoms with Gasteiger partial charge in [-0.15, -0.1) is 3.89 Å². The molecule has 1 rings (SSSR count). The first kappa shape index (κ1) is 14.4. The molecule has 0 amide bonds. The van der Waals surface area contributed by atoms with Crippen LogP contribution in [0.15, 0.2) is 4.90 Å². The Kier molecular flexibility index (Phi) is 3.82. The Labute approximate surface area is 112 Å². The highest BCUT2D eigenvalue weighted by atomic mass is 127. The molecule has 0 aliphatic heterocycles. The topological polar surface area (TPSA) is 71.4 Å². The summed E-state index contributed by atoms with van der Waals surface area (Å²) in [5.74, 6) is -1.26. The van der Waals surface area contributed by atoms with E-state index in [-0.39, 0.29) is 16.7 Å². The molecule has 1 aromatic carbocycles. The van der Waals surface area contributed by atoms with Crippen molar-refractivity contribution in [1.29, 1.82) is 0 Å². The zero-order chi connectivity index (χ0) is 13.5. The maximum absolute atomic E-state index is 13.2. The van der Waals surface area contributed by atoms with E-state index in [2.05, 4.69) is 0 Å². The van der Waals surface area contributed by atoms with Crippen molar-refractivity contribution in [3.63, 3.8) is 0 Å². The molecule has 1 N–H and O–H groups in total. The first-order valence-corrected chi connectivity index (χ1v) is 7.02. The standard InChI is InChI=1S/C10H10FIO4S/c1-4-7(10(13)14)5(2)9(17(11,15)16)6(3)8(4)12/h1-3H3,(H,13,14). The van der Waals surface area contributed by atoms with Gasteiger partial charge in [0, 0.05) is 3.57 Å². The summed E-state index contributed by atoms with van der Waals surface area (Å²) < 4.78 is 35.7. The number of carboxylic acid groups (broad SMARTS) is 1. The molecule has 0 spiro atoms. The van der Waals surface area contributed by atoms with Crippen LogP contribution in [0.25, 0.3) is 0 Å². The zero-order valence-corrected chi connectivity index (χ0v) is 12.3. The maximum Gasteiger partial charge on any atom is 0.336 e. The highest BCUT2D eigenvalue weighted by Crippen LogP contribution is 2.32. The quantitative estimate of drug-likeness (QED) is 0.640. The molecule has 0 heterocycles. The Morgan fingerprint density at radius 1 is 1.18 bits per heavy atom. The molecule has 0 fully saturated rings. The molecule has 0 atom stereocenters. The van der Waals surface area contributed by atoms with Gasteiger partial charge in [-0.2, -0.15) is 8.42 Å². The Balaban J connectivity index is 3.95. The van der Waals surface area contributed by atoms with Gasteiger partial charge in [0.1, 0.15) is 4.90 Å². The van der Waals surface area contributed by atoms with Crippen LogP contribution < -0.4 is 0 Å². The lowest BCUT2D eigenvalue weighted by molar-refractivity contribution is 0.0695. The van der Waals surface area contributed by atoms with E-state index < -0.39 is 21.1 Å². The first-order chi connectivity index (χ1) is 7.59. The predicted molar refractivity (Wildman–Crippen MR) is 68.6 cm³/mol. The van der Waals surface area contributed by atoms with Crippen LogP contribution in [0.4, 0.5) is 3.89 Å². The van der Waals surface area contributed by atoms with E-state index in [9.17, 15) is 17.1 Å². The molecule has 0 saturated heterocycles. The van der Waals surface area contributed by atoms with Gasteiger partial charge in [0.15, 0.2) is 0 Å². The predicted octanol–water partition coefficient (Wildman–Crippen LogP) is 2.57. The van der Waals surface area contributed by atoms with Gasteiger partial charge in [-0.25, -0.2) is 4.79 Å². The molecule has 0 radical (unpaired) electrons. The van der Waals surface area contributed by atoms with Crippen LogP contribution in [-0.2, 0) is 10.2 Å². The van der Waals surface area contributed by atoms with Gasteiger partial charge >= 0.3 is 16.2 Å². The number of halogens is 2. The summed E-state index contributed by atoms with van der Waals surface area (Å²) in [6.07, 6.45) is 0. The highest BCUT2D eigenvalue weighted by Gasteiger charge is 2.27. The summed E-state index contributed by atoms with van der Waals surface area (Å²) in [6, 6.07) is 0. The second kappa shape index (κ2) is 4.52. The van der Waals surface area contributed by atoms with E-state index >= 15 is 0 Å². The Bertz CT molecular complexity index is 607. The molecular weight excluding hydrogens is 362 g/mol. The molecule has 1 aromatic rings. The van der Waals surface area contributed by atoms with E-state index in [1.54, 1.807) is 6.92 Å². The first-order valence-electron chi connectivity index (χ1n) is 4.56. The van der Waals surface area contributed by atoms with Crippen LogP contribution in [0.3, 0.4) is 0 Å². The van der Waals surface area contributed by atoms with Crippen LogP contribution in [0.1, 0.15) is 27.0 Å². The Morgan fingerprint density at radius 3 is 2.00 bits per heavy atom. The summed E-state index contributed by atoms with van der Waals surface area (Å²) in [5, 5.41) is 9.03. The molecule has 0 aromatic heterocycles. The van der Waals surface area contributed by atoms with Crippen LogP contribution in [0, 0.1) is 24.3 Å². The number of hydrogen-bond acceptors (Lipinski definition) is 3. The Hall–Kier alpha value is -0.700. The maximum atomic E-state index is 13.2. The third-order valence-corrected chi connectivity index (χ3v) is 5.27. The average Bonchev–Trinajstić information content (AvgIpc) is 2.11. The number of aromatic carboxylic acids is 1. The van der Waals surface area contributed by atoms with Crippen molar-refractivity contribution in [2.24, 2.45) is 0 Å². The van der Waals surface area contributed by atoms with Gasteiger partial charge in [-0.05, 0) is 60.1 Å². The molecule has 94 valence electrons. The minimum Gasteiger partial charge on any atom is -0.478 e. The van der Waals surface area contributed by atoms with Gasteiger partial charge in [0.25, 0.3) is 0 Å². The fourth-order valence-electron chi connectivity index (χ4n) is 1.85. The molecule has 0 bridgehead atoms. The van der Waals surface area contributed by atoms with E-state index in [1.807, 2.05) is 22.6 Å². The van der Waals surface area contributed by atoms with Crippen LogP contribution in [-0.4, -0.2) is 19.5 Å². The zero-order valence-electron chi connectivity index (χ0n) is 9.34. The molecule has 0 aliphatic rings. The second-order valence-corrected chi connectivity index (χ2v) is 6.00. The van der Waals surface area contributed by atoms with Gasteiger partial charge in [0.05, 0.1) is 5.56 Å². The second-order valence-electron chi connectivity index (χ2n) is 3.64. The van der Waals surface area contributed by atoms with Crippen molar-refractivity contribution in [2.75, 3.05) is 0 Å². The van der Waals surface area contributed by atoms with Crippen LogP contribution >= 0.6 is 22.6 Å². The minimum atomic E-state index is -4.93. The van der Waals surface area contributed by atoms with Crippen molar-refractivity contribution in [3.05, 3.63) is 25.8 Å². The molecule has 17 heavy (non-hydrogen) atoms. The molecule has 7 heteroatoms. The molecular formula is C10H10FIO4S. The van der Waals surface area contributed by atoms with Crippen LogP contribution in [0.2, 0.25) is 0 Å². The smallest absolute Gasteiger partial charge is 0.336 e. The Morgan fingerprint density at radius 2 is 1.65 bits per heavy atom. The van der Waals surface area contributed by atoms with Gasteiger partial charge < -0.3 is 5.11 Å². The van der Waals surface area contributed by atoms with Gasteiger partial charge in [-0.1, -0.05) is 0 Å².